The summed E-state index contributed by atoms with van der Waals surface area (Å²) in [6, 6.07) is 12.1. The van der Waals surface area contributed by atoms with Crippen LogP contribution in [0.15, 0.2) is 42.5 Å². The molecule has 0 aromatic heterocycles. The van der Waals surface area contributed by atoms with Crippen LogP contribution in [0.5, 0.6) is 0 Å². The molecule has 1 atom stereocenters. The van der Waals surface area contributed by atoms with Gasteiger partial charge in [0.15, 0.2) is 0 Å². The molecule has 33 heavy (non-hydrogen) atoms. The number of thioether (sulfide) groups is 1. The Morgan fingerprint density at radius 2 is 1.67 bits per heavy atom. The molecule has 0 radical (unpaired) electrons. The van der Waals surface area contributed by atoms with Crippen molar-refractivity contribution in [2.24, 2.45) is 0 Å². The van der Waals surface area contributed by atoms with E-state index in [1.807, 2.05) is 0 Å². The molecule has 0 bridgehead atoms. The lowest BCUT2D eigenvalue weighted by Crippen LogP contribution is -2.50. The predicted molar refractivity (Wildman–Crippen MR) is 134 cm³/mol. The van der Waals surface area contributed by atoms with Crippen molar-refractivity contribution in [2.45, 2.75) is 77.3 Å². The molecular formula is C27H35FN2O2S. The molecule has 1 aliphatic rings. The van der Waals surface area contributed by atoms with E-state index in [0.29, 0.717) is 0 Å². The minimum Gasteiger partial charge on any atom is -0.352 e. The van der Waals surface area contributed by atoms with Gasteiger partial charge in [0.2, 0.25) is 11.8 Å². The van der Waals surface area contributed by atoms with Crippen molar-refractivity contribution < 1.29 is 14.0 Å². The normalized spacial score (nSPS) is 15.2. The number of hydrogen-bond acceptors (Lipinski definition) is 3. The van der Waals surface area contributed by atoms with Crippen LogP contribution in [0.4, 0.5) is 4.39 Å². The first-order valence-corrected chi connectivity index (χ1v) is 13.0. The van der Waals surface area contributed by atoms with Gasteiger partial charge in [-0.2, -0.15) is 0 Å². The highest BCUT2D eigenvalue weighted by Gasteiger charge is 2.28. The fourth-order valence-corrected chi connectivity index (χ4v) is 5.27. The molecule has 1 saturated carbocycles. The lowest BCUT2D eigenvalue weighted by atomic mass is 9.95. The zero-order valence-corrected chi connectivity index (χ0v) is 20.7. The van der Waals surface area contributed by atoms with Crippen molar-refractivity contribution >= 4 is 23.6 Å². The average Bonchev–Trinajstić information content (AvgIpc) is 2.78. The third-order valence-corrected chi connectivity index (χ3v) is 7.15. The van der Waals surface area contributed by atoms with Gasteiger partial charge in [0.25, 0.3) is 0 Å². The molecule has 0 heterocycles. The van der Waals surface area contributed by atoms with Crippen molar-refractivity contribution in [1.82, 2.24) is 10.2 Å². The fraction of sp³-hybridized carbons (Fsp3) is 0.481. The van der Waals surface area contributed by atoms with E-state index in [2.05, 4.69) is 37.4 Å². The van der Waals surface area contributed by atoms with Gasteiger partial charge >= 0.3 is 0 Å². The van der Waals surface area contributed by atoms with Gasteiger partial charge in [-0.3, -0.25) is 9.59 Å². The summed E-state index contributed by atoms with van der Waals surface area (Å²) in [7, 11) is 0. The SMILES string of the molecule is Cc1cc(C)cc(CSCC(=O)N(Cc2ccc(F)cc2)[C@@H](C)C(=O)NC2CCCCC2)c1. The van der Waals surface area contributed by atoms with Crippen LogP contribution >= 0.6 is 11.8 Å². The maximum atomic E-state index is 13.4. The van der Waals surface area contributed by atoms with Crippen molar-refractivity contribution in [3.8, 4) is 0 Å². The minimum atomic E-state index is -0.591. The summed E-state index contributed by atoms with van der Waals surface area (Å²) < 4.78 is 13.4. The molecular weight excluding hydrogens is 435 g/mol. The van der Waals surface area contributed by atoms with Gasteiger partial charge in [-0.25, -0.2) is 4.39 Å². The summed E-state index contributed by atoms with van der Waals surface area (Å²) in [5.41, 5.74) is 4.42. The molecule has 0 unspecified atom stereocenters. The molecule has 1 aliphatic carbocycles. The largest absolute Gasteiger partial charge is 0.352 e. The van der Waals surface area contributed by atoms with Crippen LogP contribution in [0.2, 0.25) is 0 Å². The van der Waals surface area contributed by atoms with Gasteiger partial charge in [-0.1, -0.05) is 60.7 Å². The summed E-state index contributed by atoms with van der Waals surface area (Å²) in [6.07, 6.45) is 5.47. The van der Waals surface area contributed by atoms with E-state index in [4.69, 9.17) is 0 Å². The Morgan fingerprint density at radius 1 is 1.03 bits per heavy atom. The molecule has 2 aromatic carbocycles. The number of aryl methyl sites for hydroxylation is 2. The van der Waals surface area contributed by atoms with Gasteiger partial charge in [-0.05, 0) is 56.9 Å². The summed E-state index contributed by atoms with van der Waals surface area (Å²) >= 11 is 1.56. The summed E-state index contributed by atoms with van der Waals surface area (Å²) in [4.78, 5) is 27.9. The highest BCUT2D eigenvalue weighted by Crippen LogP contribution is 2.20. The van der Waals surface area contributed by atoms with Crippen LogP contribution in [0.3, 0.4) is 0 Å². The molecule has 0 spiro atoms. The Bertz CT molecular complexity index is 921. The zero-order valence-electron chi connectivity index (χ0n) is 19.9. The Morgan fingerprint density at radius 3 is 2.30 bits per heavy atom. The quantitative estimate of drug-likeness (QED) is 0.523. The molecule has 4 nitrogen and oxygen atoms in total. The van der Waals surface area contributed by atoms with Gasteiger partial charge in [0.1, 0.15) is 11.9 Å². The van der Waals surface area contributed by atoms with E-state index in [0.717, 1.165) is 37.0 Å². The zero-order chi connectivity index (χ0) is 23.8. The number of carbonyl (C=O) groups is 2. The predicted octanol–water partition coefficient (Wildman–Crippen LogP) is 5.54. The second kappa shape index (κ2) is 12.2. The van der Waals surface area contributed by atoms with Crippen molar-refractivity contribution in [3.05, 3.63) is 70.5 Å². The van der Waals surface area contributed by atoms with Crippen LogP contribution in [0.1, 0.15) is 61.3 Å². The Labute approximate surface area is 201 Å². The lowest BCUT2D eigenvalue weighted by Gasteiger charge is -2.31. The maximum absolute atomic E-state index is 13.4. The lowest BCUT2D eigenvalue weighted by molar-refractivity contribution is -0.139. The number of hydrogen-bond donors (Lipinski definition) is 1. The number of nitrogens with one attached hydrogen (secondary N) is 1. The van der Waals surface area contributed by atoms with Crippen molar-refractivity contribution in [1.29, 1.82) is 0 Å². The molecule has 1 fully saturated rings. The van der Waals surface area contributed by atoms with Gasteiger partial charge in [0, 0.05) is 18.3 Å². The number of benzene rings is 2. The molecule has 0 saturated heterocycles. The molecule has 6 heteroatoms. The number of rotatable bonds is 9. The number of amides is 2. The highest BCUT2D eigenvalue weighted by molar-refractivity contribution is 7.99. The van der Waals surface area contributed by atoms with E-state index in [-0.39, 0.29) is 36.0 Å². The maximum Gasteiger partial charge on any atom is 0.242 e. The fourth-order valence-electron chi connectivity index (χ4n) is 4.43. The molecule has 0 aliphatic heterocycles. The first kappa shape index (κ1) is 25.3. The third-order valence-electron chi connectivity index (χ3n) is 6.16. The smallest absolute Gasteiger partial charge is 0.242 e. The van der Waals surface area contributed by atoms with Crippen molar-refractivity contribution in [3.63, 3.8) is 0 Å². The van der Waals surface area contributed by atoms with Crippen LogP contribution < -0.4 is 5.32 Å². The van der Waals surface area contributed by atoms with Crippen LogP contribution in [-0.4, -0.2) is 34.6 Å². The number of nitrogens with zero attached hydrogens (tertiary/aromatic N) is 1. The first-order chi connectivity index (χ1) is 15.8. The highest BCUT2D eigenvalue weighted by atomic mass is 32.2. The van der Waals surface area contributed by atoms with E-state index < -0.39 is 6.04 Å². The molecule has 2 aromatic rings. The monoisotopic (exact) mass is 470 g/mol. The van der Waals surface area contributed by atoms with Gasteiger partial charge in [-0.15, -0.1) is 11.8 Å². The standard InChI is InChI=1S/C27H35FN2O2S/c1-19-13-20(2)15-23(14-19)17-33-18-26(31)30(16-22-9-11-24(28)12-10-22)21(3)27(32)29-25-7-5-4-6-8-25/h9-15,21,25H,4-8,16-18H2,1-3H3,(H,29,32)/t21-/m0/s1. The minimum absolute atomic E-state index is 0.0833. The second-order valence-electron chi connectivity index (χ2n) is 9.16. The van der Waals surface area contributed by atoms with Crippen LogP contribution in [-0.2, 0) is 21.9 Å². The molecule has 1 N–H and O–H groups in total. The van der Waals surface area contributed by atoms with Crippen LogP contribution in [0.25, 0.3) is 0 Å². The summed E-state index contributed by atoms with van der Waals surface area (Å²) in [5, 5.41) is 3.14. The first-order valence-electron chi connectivity index (χ1n) is 11.8. The average molecular weight is 471 g/mol. The van der Waals surface area contributed by atoms with Gasteiger partial charge in [0.05, 0.1) is 5.75 Å². The van der Waals surface area contributed by atoms with E-state index in [1.54, 1.807) is 35.7 Å². The Kier molecular flexibility index (Phi) is 9.36. The van der Waals surface area contributed by atoms with Crippen molar-refractivity contribution in [2.75, 3.05) is 5.75 Å². The van der Waals surface area contributed by atoms with Crippen LogP contribution in [0, 0.1) is 19.7 Å². The third kappa shape index (κ3) is 7.88. The second-order valence-corrected chi connectivity index (χ2v) is 10.1. The van der Waals surface area contributed by atoms with E-state index >= 15 is 0 Å². The number of carbonyl (C=O) groups excluding carboxylic acids is 2. The topological polar surface area (TPSA) is 49.4 Å². The van der Waals surface area contributed by atoms with E-state index in [9.17, 15) is 14.0 Å². The Hall–Kier alpha value is -2.34. The Balaban J connectivity index is 1.65. The number of halogens is 1. The molecule has 2 amide bonds. The van der Waals surface area contributed by atoms with Gasteiger partial charge < -0.3 is 10.2 Å². The molecule has 3 rings (SSSR count). The molecule has 178 valence electrons. The summed E-state index contributed by atoms with van der Waals surface area (Å²) in [6.45, 7) is 6.21. The van der Waals surface area contributed by atoms with E-state index in [1.165, 1.54) is 35.2 Å². The summed E-state index contributed by atoms with van der Waals surface area (Å²) in [5.74, 6) is 0.511.